The number of anilines is 1. The fourth-order valence-corrected chi connectivity index (χ4v) is 4.48. The first-order chi connectivity index (χ1) is 13.3. The molecule has 1 aliphatic rings. The summed E-state index contributed by atoms with van der Waals surface area (Å²) in [5, 5.41) is 3.69. The SMILES string of the molecule is CS(=O)(=O)NC(=O)Nc1nc2c(s1)CN(C(=O)c1cc3ccccc3[nH]1)CC2. The lowest BCUT2D eigenvalue weighted by atomic mass is 10.1. The molecule has 0 saturated heterocycles. The summed E-state index contributed by atoms with van der Waals surface area (Å²) in [6.07, 6.45) is 1.46. The Morgan fingerprint density at radius 1 is 1.29 bits per heavy atom. The number of amides is 3. The zero-order valence-corrected chi connectivity index (χ0v) is 16.5. The van der Waals surface area contributed by atoms with Gasteiger partial charge in [0.15, 0.2) is 5.13 Å². The molecule has 11 heteroatoms. The van der Waals surface area contributed by atoms with Crippen LogP contribution in [0.15, 0.2) is 30.3 Å². The highest BCUT2D eigenvalue weighted by Gasteiger charge is 2.26. The standard InChI is InChI=1S/C17H17N5O4S2/c1-28(25,26)21-16(24)20-17-19-12-6-7-22(9-14(12)27-17)15(23)13-8-10-4-2-3-5-11(10)18-13/h2-5,8,18H,6-7,9H2,1H3,(H2,19,20,21,24). The molecular formula is C17H17N5O4S2. The molecule has 0 bridgehead atoms. The van der Waals surface area contributed by atoms with Gasteiger partial charge in [-0.2, -0.15) is 0 Å². The van der Waals surface area contributed by atoms with Gasteiger partial charge in [0.2, 0.25) is 10.0 Å². The van der Waals surface area contributed by atoms with Crippen molar-refractivity contribution in [1.82, 2.24) is 19.6 Å². The zero-order chi connectivity index (χ0) is 19.9. The van der Waals surface area contributed by atoms with Gasteiger partial charge in [-0.15, -0.1) is 0 Å². The number of carbonyl (C=O) groups excluding carboxylic acids is 2. The number of fused-ring (bicyclic) bond motifs is 2. The predicted octanol–water partition coefficient (Wildman–Crippen LogP) is 1.90. The number of benzene rings is 1. The molecule has 0 radical (unpaired) electrons. The molecule has 9 nitrogen and oxygen atoms in total. The maximum Gasteiger partial charge on any atom is 0.334 e. The molecule has 1 aromatic carbocycles. The monoisotopic (exact) mass is 419 g/mol. The van der Waals surface area contributed by atoms with E-state index in [4.69, 9.17) is 0 Å². The summed E-state index contributed by atoms with van der Waals surface area (Å²) < 4.78 is 24.0. The Hall–Kier alpha value is -2.92. The lowest BCUT2D eigenvalue weighted by Crippen LogP contribution is -2.35. The largest absolute Gasteiger partial charge is 0.351 e. The molecule has 1 aliphatic heterocycles. The Morgan fingerprint density at radius 3 is 2.82 bits per heavy atom. The third-order valence-electron chi connectivity index (χ3n) is 4.28. The van der Waals surface area contributed by atoms with E-state index >= 15 is 0 Å². The van der Waals surface area contributed by atoms with Crippen molar-refractivity contribution in [1.29, 1.82) is 0 Å². The quantitative estimate of drug-likeness (QED) is 0.598. The van der Waals surface area contributed by atoms with Gasteiger partial charge in [0.05, 0.1) is 18.5 Å². The number of hydrogen-bond acceptors (Lipinski definition) is 6. The molecule has 3 N–H and O–H groups in total. The summed E-state index contributed by atoms with van der Waals surface area (Å²) in [5.41, 5.74) is 2.24. The lowest BCUT2D eigenvalue weighted by Gasteiger charge is -2.25. The number of H-pyrrole nitrogens is 1. The number of para-hydroxylation sites is 1. The van der Waals surface area contributed by atoms with Crippen LogP contribution in [0.1, 0.15) is 21.1 Å². The van der Waals surface area contributed by atoms with Gasteiger partial charge in [-0.05, 0) is 12.1 Å². The summed E-state index contributed by atoms with van der Waals surface area (Å²) in [6, 6.07) is 8.67. The van der Waals surface area contributed by atoms with Crippen LogP contribution in [0.2, 0.25) is 0 Å². The van der Waals surface area contributed by atoms with E-state index in [1.54, 1.807) is 4.90 Å². The van der Waals surface area contributed by atoms with Gasteiger partial charge in [0.1, 0.15) is 5.69 Å². The van der Waals surface area contributed by atoms with Crippen LogP contribution in [0, 0.1) is 0 Å². The average molecular weight is 419 g/mol. The normalized spacial score (nSPS) is 14.0. The summed E-state index contributed by atoms with van der Waals surface area (Å²) in [6.45, 7) is 0.899. The Kier molecular flexibility index (Phi) is 4.55. The number of aromatic nitrogens is 2. The minimum absolute atomic E-state index is 0.0976. The van der Waals surface area contributed by atoms with E-state index < -0.39 is 16.1 Å². The molecule has 0 saturated carbocycles. The molecule has 3 aromatic rings. The molecule has 0 spiro atoms. The van der Waals surface area contributed by atoms with Crippen molar-refractivity contribution in [2.24, 2.45) is 0 Å². The number of urea groups is 1. The Labute approximate surface area is 164 Å². The smallest absolute Gasteiger partial charge is 0.334 e. The van der Waals surface area contributed by atoms with Crippen molar-refractivity contribution in [3.8, 4) is 0 Å². The van der Waals surface area contributed by atoms with Gasteiger partial charge in [-0.1, -0.05) is 29.5 Å². The minimum atomic E-state index is -3.65. The number of rotatable bonds is 3. The maximum absolute atomic E-state index is 12.9. The first-order valence-electron chi connectivity index (χ1n) is 8.43. The molecular weight excluding hydrogens is 402 g/mol. The van der Waals surface area contributed by atoms with Crippen LogP contribution in [0.3, 0.4) is 0 Å². The second kappa shape index (κ2) is 6.91. The van der Waals surface area contributed by atoms with Crippen LogP contribution >= 0.6 is 11.3 Å². The fourth-order valence-electron chi connectivity index (χ4n) is 3.07. The topological polar surface area (TPSA) is 124 Å². The van der Waals surface area contributed by atoms with Gasteiger partial charge in [-0.25, -0.2) is 22.9 Å². The number of carbonyl (C=O) groups is 2. The lowest BCUT2D eigenvalue weighted by molar-refractivity contribution is 0.0731. The minimum Gasteiger partial charge on any atom is -0.351 e. The van der Waals surface area contributed by atoms with Crippen LogP contribution < -0.4 is 10.0 Å². The van der Waals surface area contributed by atoms with Gasteiger partial charge < -0.3 is 9.88 Å². The summed E-state index contributed by atoms with van der Waals surface area (Å²) in [4.78, 5) is 34.6. The van der Waals surface area contributed by atoms with Gasteiger partial charge >= 0.3 is 6.03 Å². The van der Waals surface area contributed by atoms with Crippen molar-refractivity contribution in [2.45, 2.75) is 13.0 Å². The highest BCUT2D eigenvalue weighted by Crippen LogP contribution is 2.29. The summed E-state index contributed by atoms with van der Waals surface area (Å²) >= 11 is 1.23. The summed E-state index contributed by atoms with van der Waals surface area (Å²) in [5.74, 6) is -0.0976. The molecule has 3 amide bonds. The molecule has 2 aromatic heterocycles. The molecule has 0 unspecified atom stereocenters. The van der Waals surface area contributed by atoms with Crippen molar-refractivity contribution in [3.05, 3.63) is 46.6 Å². The van der Waals surface area contributed by atoms with Gasteiger partial charge in [-0.3, -0.25) is 10.1 Å². The molecule has 4 rings (SSSR count). The van der Waals surface area contributed by atoms with E-state index in [0.717, 1.165) is 27.7 Å². The van der Waals surface area contributed by atoms with Crippen molar-refractivity contribution in [3.63, 3.8) is 0 Å². The van der Waals surface area contributed by atoms with E-state index in [0.29, 0.717) is 30.3 Å². The molecule has 0 aliphatic carbocycles. The second-order valence-electron chi connectivity index (χ2n) is 6.46. The molecule has 0 atom stereocenters. The number of thiazole rings is 1. The predicted molar refractivity (Wildman–Crippen MR) is 106 cm³/mol. The average Bonchev–Trinajstić information content (AvgIpc) is 3.21. The van der Waals surface area contributed by atoms with E-state index in [9.17, 15) is 18.0 Å². The summed E-state index contributed by atoms with van der Waals surface area (Å²) in [7, 11) is -3.65. The van der Waals surface area contributed by atoms with E-state index in [1.807, 2.05) is 35.1 Å². The highest BCUT2D eigenvalue weighted by molar-refractivity contribution is 7.89. The van der Waals surface area contributed by atoms with Crippen LogP contribution in [0.5, 0.6) is 0 Å². The Balaban J connectivity index is 1.48. The van der Waals surface area contributed by atoms with Crippen molar-refractivity contribution < 1.29 is 18.0 Å². The Morgan fingerprint density at radius 2 is 2.07 bits per heavy atom. The first-order valence-corrected chi connectivity index (χ1v) is 11.1. The van der Waals surface area contributed by atoms with Gasteiger partial charge in [0, 0.05) is 28.7 Å². The second-order valence-corrected chi connectivity index (χ2v) is 9.30. The molecule has 146 valence electrons. The van der Waals surface area contributed by atoms with E-state index in [-0.39, 0.29) is 5.91 Å². The van der Waals surface area contributed by atoms with E-state index in [2.05, 4.69) is 15.3 Å². The zero-order valence-electron chi connectivity index (χ0n) is 14.9. The van der Waals surface area contributed by atoms with Crippen molar-refractivity contribution in [2.75, 3.05) is 18.1 Å². The van der Waals surface area contributed by atoms with Crippen LogP contribution in [0.25, 0.3) is 10.9 Å². The number of nitrogens with one attached hydrogen (secondary N) is 3. The molecule has 3 heterocycles. The van der Waals surface area contributed by atoms with E-state index in [1.165, 1.54) is 11.3 Å². The first kappa shape index (κ1) is 18.4. The third-order valence-corrected chi connectivity index (χ3v) is 5.83. The van der Waals surface area contributed by atoms with Crippen LogP contribution in [0.4, 0.5) is 9.93 Å². The Bertz CT molecular complexity index is 1150. The van der Waals surface area contributed by atoms with Crippen molar-refractivity contribution >= 4 is 49.3 Å². The third kappa shape index (κ3) is 3.85. The number of sulfonamides is 1. The number of hydrogen-bond donors (Lipinski definition) is 3. The van der Waals surface area contributed by atoms with Gasteiger partial charge in [0.25, 0.3) is 5.91 Å². The number of nitrogens with zero attached hydrogens (tertiary/aromatic N) is 2. The van der Waals surface area contributed by atoms with Crippen LogP contribution in [-0.2, 0) is 23.0 Å². The highest BCUT2D eigenvalue weighted by atomic mass is 32.2. The van der Waals surface area contributed by atoms with Crippen LogP contribution in [-0.4, -0.2) is 48.0 Å². The molecule has 28 heavy (non-hydrogen) atoms. The fraction of sp³-hybridized carbons (Fsp3) is 0.235. The maximum atomic E-state index is 12.9. The number of aromatic amines is 1. The molecule has 0 fully saturated rings.